The molecule has 0 fully saturated rings. The largest absolute Gasteiger partial charge is 0.383 e. The van der Waals surface area contributed by atoms with E-state index in [1.807, 2.05) is 30.3 Å². The molecule has 2 aromatic carbocycles. The first kappa shape index (κ1) is 13.4. The van der Waals surface area contributed by atoms with Crippen molar-refractivity contribution >= 4 is 16.5 Å². The normalized spacial score (nSPS) is 10.7. The van der Waals surface area contributed by atoms with E-state index in [4.69, 9.17) is 0 Å². The van der Waals surface area contributed by atoms with Gasteiger partial charge in [0, 0.05) is 30.4 Å². The first-order valence-electron chi connectivity index (χ1n) is 6.82. The van der Waals surface area contributed by atoms with E-state index in [9.17, 15) is 9.18 Å². The number of halogens is 1. The van der Waals surface area contributed by atoms with Gasteiger partial charge in [-0.2, -0.15) is 0 Å². The Morgan fingerprint density at radius 2 is 1.90 bits per heavy atom. The molecule has 21 heavy (non-hydrogen) atoms. The molecule has 0 spiro atoms. The van der Waals surface area contributed by atoms with E-state index in [1.165, 1.54) is 12.1 Å². The third-order valence-corrected chi connectivity index (χ3v) is 3.39. The van der Waals surface area contributed by atoms with Gasteiger partial charge in [0.05, 0.1) is 0 Å². The molecule has 1 aromatic heterocycles. The molecule has 3 rings (SSSR count). The number of fused-ring (bicyclic) bond motifs is 1. The van der Waals surface area contributed by atoms with Crippen LogP contribution >= 0.6 is 0 Å². The monoisotopic (exact) mass is 282 g/mol. The summed E-state index contributed by atoms with van der Waals surface area (Å²) in [5.41, 5.74) is 0.706. The summed E-state index contributed by atoms with van der Waals surface area (Å²) in [5, 5.41) is 4.76. The SMILES string of the molecule is O=c1c2ccccc2ccn1CCNc1cccc(F)c1. The van der Waals surface area contributed by atoms with Gasteiger partial charge in [0.1, 0.15) is 5.82 Å². The Hall–Kier alpha value is -2.62. The number of pyridine rings is 1. The third kappa shape index (κ3) is 2.94. The van der Waals surface area contributed by atoms with Gasteiger partial charge in [0.15, 0.2) is 0 Å². The Labute approximate surface area is 121 Å². The van der Waals surface area contributed by atoms with Gasteiger partial charge in [0.2, 0.25) is 0 Å². The number of benzene rings is 2. The Morgan fingerprint density at radius 3 is 2.76 bits per heavy atom. The predicted octanol–water partition coefficient (Wildman–Crippen LogP) is 3.25. The van der Waals surface area contributed by atoms with E-state index in [0.717, 1.165) is 5.39 Å². The second-order valence-corrected chi connectivity index (χ2v) is 4.84. The molecule has 0 atom stereocenters. The molecule has 0 amide bonds. The molecule has 106 valence electrons. The van der Waals surface area contributed by atoms with Gasteiger partial charge in [-0.1, -0.05) is 24.3 Å². The zero-order valence-electron chi connectivity index (χ0n) is 11.4. The van der Waals surface area contributed by atoms with Gasteiger partial charge in [-0.05, 0) is 35.7 Å². The van der Waals surface area contributed by atoms with Crippen molar-refractivity contribution in [1.82, 2.24) is 4.57 Å². The van der Waals surface area contributed by atoms with Gasteiger partial charge in [-0.25, -0.2) is 4.39 Å². The summed E-state index contributed by atoms with van der Waals surface area (Å²) in [6, 6.07) is 15.7. The maximum Gasteiger partial charge on any atom is 0.258 e. The Bertz CT molecular complexity index is 826. The average molecular weight is 282 g/mol. The molecule has 3 aromatic rings. The Kier molecular flexibility index (Phi) is 3.69. The maximum absolute atomic E-state index is 13.1. The molecule has 1 N–H and O–H groups in total. The highest BCUT2D eigenvalue weighted by Crippen LogP contribution is 2.09. The molecule has 0 unspecified atom stereocenters. The van der Waals surface area contributed by atoms with Gasteiger partial charge < -0.3 is 9.88 Å². The number of nitrogens with zero attached hydrogens (tertiary/aromatic N) is 1. The minimum atomic E-state index is -0.275. The number of anilines is 1. The van der Waals surface area contributed by atoms with Crippen molar-refractivity contribution in [1.29, 1.82) is 0 Å². The van der Waals surface area contributed by atoms with Crippen molar-refractivity contribution in [3.8, 4) is 0 Å². The second-order valence-electron chi connectivity index (χ2n) is 4.84. The van der Waals surface area contributed by atoms with Crippen LogP contribution in [0.25, 0.3) is 10.8 Å². The van der Waals surface area contributed by atoms with E-state index in [-0.39, 0.29) is 11.4 Å². The molecular formula is C17H15FN2O. The molecule has 0 saturated heterocycles. The van der Waals surface area contributed by atoms with E-state index >= 15 is 0 Å². The third-order valence-electron chi connectivity index (χ3n) is 3.39. The van der Waals surface area contributed by atoms with Crippen molar-refractivity contribution in [3.05, 3.63) is 77.0 Å². The van der Waals surface area contributed by atoms with E-state index in [2.05, 4.69) is 5.32 Å². The zero-order chi connectivity index (χ0) is 14.7. The van der Waals surface area contributed by atoms with Gasteiger partial charge in [-0.15, -0.1) is 0 Å². The Balaban J connectivity index is 1.74. The summed E-state index contributed by atoms with van der Waals surface area (Å²) in [5.74, 6) is -0.275. The lowest BCUT2D eigenvalue weighted by molar-refractivity contribution is 0.628. The van der Waals surface area contributed by atoms with Gasteiger partial charge >= 0.3 is 0 Å². The Morgan fingerprint density at radius 1 is 1.05 bits per heavy atom. The van der Waals surface area contributed by atoms with Crippen LogP contribution in [0.3, 0.4) is 0 Å². The summed E-state index contributed by atoms with van der Waals surface area (Å²) in [7, 11) is 0. The molecule has 0 aliphatic rings. The van der Waals surface area contributed by atoms with Crippen LogP contribution in [-0.4, -0.2) is 11.1 Å². The lowest BCUT2D eigenvalue weighted by Crippen LogP contribution is -2.23. The molecule has 0 bridgehead atoms. The number of hydrogen-bond acceptors (Lipinski definition) is 2. The van der Waals surface area contributed by atoms with Crippen molar-refractivity contribution in [2.75, 3.05) is 11.9 Å². The van der Waals surface area contributed by atoms with Crippen molar-refractivity contribution in [3.63, 3.8) is 0 Å². The standard InChI is InChI=1S/C17H15FN2O/c18-14-5-3-6-15(12-14)19-9-11-20-10-8-13-4-1-2-7-16(13)17(20)21/h1-8,10,12,19H,9,11H2. The molecular weight excluding hydrogens is 267 g/mol. The van der Waals surface area contributed by atoms with Crippen molar-refractivity contribution in [2.45, 2.75) is 6.54 Å². The molecule has 0 aliphatic heterocycles. The summed E-state index contributed by atoms with van der Waals surface area (Å²) in [6.45, 7) is 1.09. The predicted molar refractivity (Wildman–Crippen MR) is 83.1 cm³/mol. The van der Waals surface area contributed by atoms with Crippen LogP contribution in [0.5, 0.6) is 0 Å². The van der Waals surface area contributed by atoms with Crippen LogP contribution in [0.4, 0.5) is 10.1 Å². The quantitative estimate of drug-likeness (QED) is 0.797. The minimum Gasteiger partial charge on any atom is -0.383 e. The van der Waals surface area contributed by atoms with Crippen LogP contribution in [0.1, 0.15) is 0 Å². The van der Waals surface area contributed by atoms with E-state index in [1.54, 1.807) is 22.9 Å². The highest BCUT2D eigenvalue weighted by Gasteiger charge is 2.01. The molecule has 3 nitrogen and oxygen atoms in total. The smallest absolute Gasteiger partial charge is 0.258 e. The summed E-state index contributed by atoms with van der Waals surface area (Å²) in [6.07, 6.45) is 1.79. The van der Waals surface area contributed by atoms with Crippen LogP contribution in [0, 0.1) is 5.82 Å². The van der Waals surface area contributed by atoms with Gasteiger partial charge in [-0.3, -0.25) is 4.79 Å². The lowest BCUT2D eigenvalue weighted by Gasteiger charge is -2.09. The highest BCUT2D eigenvalue weighted by atomic mass is 19.1. The topological polar surface area (TPSA) is 34.0 Å². The first-order valence-corrected chi connectivity index (χ1v) is 6.82. The van der Waals surface area contributed by atoms with Gasteiger partial charge in [0.25, 0.3) is 5.56 Å². The first-order chi connectivity index (χ1) is 10.2. The average Bonchev–Trinajstić information content (AvgIpc) is 2.50. The zero-order valence-corrected chi connectivity index (χ0v) is 11.4. The summed E-state index contributed by atoms with van der Waals surface area (Å²) < 4.78 is 14.7. The summed E-state index contributed by atoms with van der Waals surface area (Å²) in [4.78, 5) is 12.3. The number of aromatic nitrogens is 1. The lowest BCUT2D eigenvalue weighted by atomic mass is 10.2. The van der Waals surface area contributed by atoms with E-state index in [0.29, 0.717) is 24.2 Å². The molecule has 1 heterocycles. The molecule has 4 heteroatoms. The maximum atomic E-state index is 13.1. The second kappa shape index (κ2) is 5.79. The number of nitrogens with one attached hydrogen (secondary N) is 1. The minimum absolute atomic E-state index is 0.00542. The fraction of sp³-hybridized carbons (Fsp3) is 0.118. The molecule has 0 radical (unpaired) electrons. The number of rotatable bonds is 4. The van der Waals surface area contributed by atoms with Crippen LogP contribution in [0.2, 0.25) is 0 Å². The van der Waals surface area contributed by atoms with E-state index < -0.39 is 0 Å². The fourth-order valence-electron chi connectivity index (χ4n) is 2.33. The van der Waals surface area contributed by atoms with Crippen molar-refractivity contribution in [2.24, 2.45) is 0 Å². The van der Waals surface area contributed by atoms with Crippen LogP contribution in [0.15, 0.2) is 65.6 Å². The molecule has 0 aliphatic carbocycles. The highest BCUT2D eigenvalue weighted by molar-refractivity contribution is 5.81. The van der Waals surface area contributed by atoms with Crippen LogP contribution in [-0.2, 0) is 6.54 Å². The van der Waals surface area contributed by atoms with Crippen molar-refractivity contribution < 1.29 is 4.39 Å². The summed E-state index contributed by atoms with van der Waals surface area (Å²) >= 11 is 0. The number of hydrogen-bond donors (Lipinski definition) is 1. The fourth-order valence-corrected chi connectivity index (χ4v) is 2.33. The van der Waals surface area contributed by atoms with Crippen LogP contribution < -0.4 is 10.9 Å². The molecule has 0 saturated carbocycles.